The van der Waals surface area contributed by atoms with Gasteiger partial charge >= 0.3 is 0 Å². The van der Waals surface area contributed by atoms with Crippen molar-refractivity contribution in [1.29, 1.82) is 0 Å². The molecule has 2 aromatic rings. The Kier molecular flexibility index (Phi) is 5.54. The van der Waals surface area contributed by atoms with E-state index >= 15 is 0 Å². The van der Waals surface area contributed by atoms with Crippen LogP contribution in [0, 0.1) is 0 Å². The molecule has 0 aliphatic rings. The number of carbonyl (C=O) groups excluding carboxylic acids is 1. The number of nitrogens with one attached hydrogen (secondary N) is 1. The van der Waals surface area contributed by atoms with Crippen LogP contribution in [0.15, 0.2) is 42.5 Å². The molecule has 0 radical (unpaired) electrons. The molecule has 0 heterocycles. The third-order valence-corrected chi connectivity index (χ3v) is 3.51. The average Bonchev–Trinajstić information content (AvgIpc) is 2.36. The Bertz CT molecular complexity index is 693. The van der Waals surface area contributed by atoms with Gasteiger partial charge in [-0.15, -0.1) is 0 Å². The van der Waals surface area contributed by atoms with E-state index in [2.05, 4.69) is 5.32 Å². The predicted molar refractivity (Wildman–Crippen MR) is 90.6 cm³/mol. The van der Waals surface area contributed by atoms with Crippen LogP contribution >= 0.6 is 46.4 Å². The fourth-order valence-corrected chi connectivity index (χ4v) is 2.61. The van der Waals surface area contributed by atoms with Gasteiger partial charge in [0.15, 0.2) is 0 Å². The highest BCUT2D eigenvalue weighted by Gasteiger charge is 2.02. The molecule has 0 saturated heterocycles. The lowest BCUT2D eigenvalue weighted by molar-refractivity contribution is -0.111. The molecular formula is C15H9Cl4NO. The molecule has 0 spiro atoms. The lowest BCUT2D eigenvalue weighted by atomic mass is 10.2. The second kappa shape index (κ2) is 7.19. The van der Waals surface area contributed by atoms with Crippen molar-refractivity contribution in [2.45, 2.75) is 0 Å². The van der Waals surface area contributed by atoms with E-state index < -0.39 is 0 Å². The molecular weight excluding hydrogens is 352 g/mol. The molecule has 21 heavy (non-hydrogen) atoms. The largest absolute Gasteiger partial charge is 0.322 e. The van der Waals surface area contributed by atoms with Gasteiger partial charge in [-0.05, 0) is 42.0 Å². The number of hydrogen-bond donors (Lipinski definition) is 1. The summed E-state index contributed by atoms with van der Waals surface area (Å²) < 4.78 is 0. The van der Waals surface area contributed by atoms with Crippen LogP contribution in [-0.4, -0.2) is 5.91 Å². The van der Waals surface area contributed by atoms with Gasteiger partial charge in [0.1, 0.15) is 0 Å². The van der Waals surface area contributed by atoms with Crippen LogP contribution in [0.1, 0.15) is 5.56 Å². The number of anilines is 1. The van der Waals surface area contributed by atoms with E-state index in [1.54, 1.807) is 42.5 Å². The van der Waals surface area contributed by atoms with Gasteiger partial charge in [-0.1, -0.05) is 52.5 Å². The first kappa shape index (κ1) is 16.2. The predicted octanol–water partition coefficient (Wildman–Crippen LogP) is 5.95. The minimum absolute atomic E-state index is 0.320. The Balaban J connectivity index is 2.09. The average molecular weight is 361 g/mol. The number of carbonyl (C=O) groups is 1. The quantitative estimate of drug-likeness (QED) is 0.673. The third-order valence-electron chi connectivity index (χ3n) is 2.51. The second-order valence-corrected chi connectivity index (χ2v) is 5.86. The van der Waals surface area contributed by atoms with Crippen LogP contribution < -0.4 is 5.32 Å². The molecule has 0 aliphatic heterocycles. The second-order valence-electron chi connectivity index (χ2n) is 4.15. The van der Waals surface area contributed by atoms with Crippen LogP contribution in [0.3, 0.4) is 0 Å². The fraction of sp³-hybridized carbons (Fsp3) is 0. The van der Waals surface area contributed by atoms with Crippen molar-refractivity contribution in [3.8, 4) is 0 Å². The summed E-state index contributed by atoms with van der Waals surface area (Å²) in [5.41, 5.74) is 1.21. The van der Waals surface area contributed by atoms with Gasteiger partial charge in [-0.3, -0.25) is 4.79 Å². The van der Waals surface area contributed by atoms with Gasteiger partial charge in [-0.2, -0.15) is 0 Å². The summed E-state index contributed by atoms with van der Waals surface area (Å²) in [6.45, 7) is 0. The highest BCUT2D eigenvalue weighted by Crippen LogP contribution is 2.23. The van der Waals surface area contributed by atoms with E-state index in [4.69, 9.17) is 46.4 Å². The lowest BCUT2D eigenvalue weighted by Crippen LogP contribution is -2.07. The summed E-state index contributed by atoms with van der Waals surface area (Å²) in [5, 5.41) is 4.56. The summed E-state index contributed by atoms with van der Waals surface area (Å²) in [4.78, 5) is 11.8. The van der Waals surface area contributed by atoms with Crippen LogP contribution in [-0.2, 0) is 4.79 Å². The minimum Gasteiger partial charge on any atom is -0.322 e. The zero-order valence-corrected chi connectivity index (χ0v) is 13.6. The Morgan fingerprint density at radius 1 is 0.905 bits per heavy atom. The van der Waals surface area contributed by atoms with Crippen molar-refractivity contribution in [3.05, 3.63) is 68.1 Å². The molecule has 108 valence electrons. The van der Waals surface area contributed by atoms with Crippen molar-refractivity contribution in [3.63, 3.8) is 0 Å². The Labute approximate surface area is 142 Å². The highest BCUT2D eigenvalue weighted by atomic mass is 35.5. The summed E-state index contributed by atoms with van der Waals surface area (Å²) in [7, 11) is 0. The molecule has 2 rings (SSSR count). The van der Waals surface area contributed by atoms with Gasteiger partial charge in [0.2, 0.25) is 5.91 Å². The van der Waals surface area contributed by atoms with Crippen LogP contribution in [0.4, 0.5) is 5.69 Å². The molecule has 0 unspecified atom stereocenters. The first-order valence-corrected chi connectivity index (χ1v) is 7.35. The highest BCUT2D eigenvalue weighted by molar-refractivity contribution is 6.36. The van der Waals surface area contributed by atoms with E-state index in [9.17, 15) is 4.79 Å². The monoisotopic (exact) mass is 359 g/mol. The zero-order chi connectivity index (χ0) is 15.4. The van der Waals surface area contributed by atoms with E-state index in [-0.39, 0.29) is 5.91 Å². The number of amides is 1. The van der Waals surface area contributed by atoms with Gasteiger partial charge in [0.05, 0.1) is 0 Å². The Morgan fingerprint density at radius 2 is 1.57 bits per heavy atom. The van der Waals surface area contributed by atoms with Crippen molar-refractivity contribution in [2.24, 2.45) is 0 Å². The maximum atomic E-state index is 11.8. The topological polar surface area (TPSA) is 29.1 Å². The van der Waals surface area contributed by atoms with Crippen molar-refractivity contribution >= 4 is 64.1 Å². The standard InChI is InChI=1S/C15H9Cl4NO/c16-10-3-1-9(14(19)8-10)2-4-15(21)20-13-6-11(17)5-12(18)7-13/h1-8H,(H,20,21)/b4-2+. The van der Waals surface area contributed by atoms with Gasteiger partial charge in [-0.25, -0.2) is 0 Å². The Hall–Kier alpha value is -1.19. The van der Waals surface area contributed by atoms with E-state index in [1.165, 1.54) is 6.08 Å². The molecule has 1 N–H and O–H groups in total. The zero-order valence-electron chi connectivity index (χ0n) is 10.5. The lowest BCUT2D eigenvalue weighted by Gasteiger charge is -2.04. The van der Waals surface area contributed by atoms with E-state index in [0.29, 0.717) is 31.3 Å². The smallest absolute Gasteiger partial charge is 0.248 e. The molecule has 0 bridgehead atoms. The third kappa shape index (κ3) is 4.94. The number of benzene rings is 2. The maximum absolute atomic E-state index is 11.8. The molecule has 1 amide bonds. The van der Waals surface area contributed by atoms with Crippen LogP contribution in [0.2, 0.25) is 20.1 Å². The first-order chi connectivity index (χ1) is 9.94. The van der Waals surface area contributed by atoms with Gasteiger partial charge < -0.3 is 5.32 Å². The van der Waals surface area contributed by atoms with Gasteiger partial charge in [0, 0.05) is 31.9 Å². The SMILES string of the molecule is O=C(/C=C/c1ccc(Cl)cc1Cl)Nc1cc(Cl)cc(Cl)c1. The van der Waals surface area contributed by atoms with Crippen LogP contribution in [0.5, 0.6) is 0 Å². The minimum atomic E-state index is -0.320. The molecule has 0 aromatic heterocycles. The summed E-state index contributed by atoms with van der Waals surface area (Å²) in [6, 6.07) is 9.83. The number of halogens is 4. The first-order valence-electron chi connectivity index (χ1n) is 5.84. The van der Waals surface area contributed by atoms with E-state index in [0.717, 1.165) is 0 Å². The van der Waals surface area contributed by atoms with Crippen molar-refractivity contribution < 1.29 is 4.79 Å². The van der Waals surface area contributed by atoms with Crippen molar-refractivity contribution in [2.75, 3.05) is 5.32 Å². The molecule has 2 aromatic carbocycles. The van der Waals surface area contributed by atoms with Gasteiger partial charge in [0.25, 0.3) is 0 Å². The molecule has 0 aliphatic carbocycles. The molecule has 0 saturated carbocycles. The molecule has 0 fully saturated rings. The molecule has 2 nitrogen and oxygen atoms in total. The normalized spacial score (nSPS) is 10.9. The van der Waals surface area contributed by atoms with E-state index in [1.807, 2.05) is 0 Å². The van der Waals surface area contributed by atoms with Crippen molar-refractivity contribution in [1.82, 2.24) is 0 Å². The summed E-state index contributed by atoms with van der Waals surface area (Å²) >= 11 is 23.5. The summed E-state index contributed by atoms with van der Waals surface area (Å²) in [6.07, 6.45) is 2.96. The summed E-state index contributed by atoms with van der Waals surface area (Å²) in [5.74, 6) is -0.320. The fourth-order valence-electron chi connectivity index (χ4n) is 1.61. The number of rotatable bonds is 3. The Morgan fingerprint density at radius 3 is 2.19 bits per heavy atom. The maximum Gasteiger partial charge on any atom is 0.248 e. The molecule has 6 heteroatoms. The molecule has 0 atom stereocenters. The number of hydrogen-bond acceptors (Lipinski definition) is 1. The van der Waals surface area contributed by atoms with Crippen LogP contribution in [0.25, 0.3) is 6.08 Å².